The normalized spacial score (nSPS) is 18.3. The second-order valence-electron chi connectivity index (χ2n) is 7.60. The van der Waals surface area contributed by atoms with Gasteiger partial charge >= 0.3 is 0 Å². The summed E-state index contributed by atoms with van der Waals surface area (Å²) in [6, 6.07) is 11.9. The molecule has 2 N–H and O–H groups in total. The molecule has 0 heterocycles. The molecule has 2 amide bonds. The molecule has 34 heavy (non-hydrogen) atoms. The summed E-state index contributed by atoms with van der Waals surface area (Å²) in [7, 11) is 0. The Bertz CT molecular complexity index is 1300. The van der Waals surface area contributed by atoms with E-state index in [4.69, 9.17) is 58.0 Å². The third-order valence-electron chi connectivity index (χ3n) is 5.24. The summed E-state index contributed by atoms with van der Waals surface area (Å²) in [4.78, 5) is 25.3. The van der Waals surface area contributed by atoms with Crippen LogP contribution in [0.3, 0.4) is 0 Å². The summed E-state index contributed by atoms with van der Waals surface area (Å²) < 4.78 is 25.2. The highest BCUT2D eigenvalue weighted by atomic mass is 35.5. The molecular formula is C23H13Cl5F2N2O2. The van der Waals surface area contributed by atoms with E-state index in [2.05, 4.69) is 10.6 Å². The fourth-order valence-corrected chi connectivity index (χ4v) is 5.11. The van der Waals surface area contributed by atoms with Gasteiger partial charge < -0.3 is 10.6 Å². The van der Waals surface area contributed by atoms with Gasteiger partial charge in [0.2, 0.25) is 5.91 Å². The Morgan fingerprint density at radius 1 is 0.824 bits per heavy atom. The molecule has 2 atom stereocenters. The van der Waals surface area contributed by atoms with Gasteiger partial charge in [0.25, 0.3) is 5.91 Å². The van der Waals surface area contributed by atoms with Crippen molar-refractivity contribution in [2.75, 3.05) is 10.6 Å². The van der Waals surface area contributed by atoms with Crippen molar-refractivity contribution in [3.63, 3.8) is 0 Å². The number of benzene rings is 3. The molecule has 176 valence electrons. The van der Waals surface area contributed by atoms with E-state index in [1.807, 2.05) is 0 Å². The maximum absolute atomic E-state index is 13.4. The minimum atomic E-state index is -1.37. The predicted molar refractivity (Wildman–Crippen MR) is 132 cm³/mol. The summed E-state index contributed by atoms with van der Waals surface area (Å²) in [5.41, 5.74) is 0.956. The van der Waals surface area contributed by atoms with Crippen molar-refractivity contribution in [1.29, 1.82) is 0 Å². The van der Waals surface area contributed by atoms with Crippen LogP contribution < -0.4 is 10.6 Å². The van der Waals surface area contributed by atoms with Gasteiger partial charge in [-0.1, -0.05) is 34.8 Å². The molecule has 0 saturated heterocycles. The van der Waals surface area contributed by atoms with E-state index < -0.39 is 39.6 Å². The predicted octanol–water partition coefficient (Wildman–Crippen LogP) is 7.70. The fourth-order valence-electron chi connectivity index (χ4n) is 3.57. The molecule has 1 aliphatic rings. The van der Waals surface area contributed by atoms with Crippen molar-refractivity contribution in [2.24, 2.45) is 5.92 Å². The number of anilines is 2. The van der Waals surface area contributed by atoms with E-state index in [0.29, 0.717) is 21.3 Å². The topological polar surface area (TPSA) is 58.2 Å². The first-order valence-electron chi connectivity index (χ1n) is 9.68. The maximum atomic E-state index is 13.4. The highest BCUT2D eigenvalue weighted by Gasteiger charge is 2.67. The second kappa shape index (κ2) is 9.51. The molecule has 2 unspecified atom stereocenters. The molecule has 0 aromatic heterocycles. The van der Waals surface area contributed by atoms with Crippen molar-refractivity contribution in [2.45, 2.75) is 10.3 Å². The Morgan fingerprint density at radius 3 is 2.15 bits per heavy atom. The number of carbonyl (C=O) groups is 2. The fraction of sp³-hybridized carbons (Fsp3) is 0.130. The van der Waals surface area contributed by atoms with Crippen LogP contribution in [-0.2, 0) is 4.79 Å². The van der Waals surface area contributed by atoms with Gasteiger partial charge in [0.05, 0.1) is 16.6 Å². The first-order chi connectivity index (χ1) is 16.0. The molecule has 1 saturated carbocycles. The third-order valence-corrected chi connectivity index (χ3v) is 6.95. The first kappa shape index (κ1) is 25.0. The summed E-state index contributed by atoms with van der Waals surface area (Å²) in [5, 5.41) is 6.13. The van der Waals surface area contributed by atoms with Crippen molar-refractivity contribution in [3.8, 4) is 0 Å². The van der Waals surface area contributed by atoms with Gasteiger partial charge in [-0.3, -0.25) is 9.59 Å². The Hall–Kier alpha value is -2.09. The van der Waals surface area contributed by atoms with Gasteiger partial charge in [0.1, 0.15) is 4.33 Å². The zero-order valence-corrected chi connectivity index (χ0v) is 20.6. The molecule has 0 spiro atoms. The quantitative estimate of drug-likeness (QED) is 0.312. The summed E-state index contributed by atoms with van der Waals surface area (Å²) in [5.74, 6) is -4.75. The van der Waals surface area contributed by atoms with Crippen molar-refractivity contribution in [3.05, 3.63) is 92.4 Å². The summed E-state index contributed by atoms with van der Waals surface area (Å²) >= 11 is 31.0. The van der Waals surface area contributed by atoms with Crippen LogP contribution in [0.1, 0.15) is 21.8 Å². The number of nitrogens with one attached hydrogen (secondary N) is 2. The highest BCUT2D eigenvalue weighted by molar-refractivity contribution is 6.53. The zero-order chi connectivity index (χ0) is 24.8. The monoisotopic (exact) mass is 562 g/mol. The van der Waals surface area contributed by atoms with E-state index in [-0.39, 0.29) is 16.3 Å². The Balaban J connectivity index is 1.50. The third kappa shape index (κ3) is 5.11. The maximum Gasteiger partial charge on any atom is 0.255 e. The number of rotatable bonds is 5. The molecule has 11 heteroatoms. The Kier molecular flexibility index (Phi) is 7.00. The van der Waals surface area contributed by atoms with Crippen LogP contribution in [0.4, 0.5) is 20.2 Å². The van der Waals surface area contributed by atoms with Crippen LogP contribution in [0.2, 0.25) is 15.1 Å². The van der Waals surface area contributed by atoms with E-state index in [1.54, 1.807) is 18.2 Å². The molecule has 3 aromatic rings. The van der Waals surface area contributed by atoms with Gasteiger partial charge in [-0.05, 0) is 60.2 Å². The van der Waals surface area contributed by atoms with Crippen LogP contribution in [0.15, 0.2) is 54.6 Å². The lowest BCUT2D eigenvalue weighted by Gasteiger charge is -2.11. The molecule has 1 fully saturated rings. The van der Waals surface area contributed by atoms with Crippen LogP contribution in [0.5, 0.6) is 0 Å². The van der Waals surface area contributed by atoms with Crippen molar-refractivity contribution >= 4 is 81.2 Å². The molecule has 0 bridgehead atoms. The molecule has 0 radical (unpaired) electrons. The number of hydrogen-bond donors (Lipinski definition) is 2. The number of hydrogen-bond acceptors (Lipinski definition) is 2. The van der Waals surface area contributed by atoms with Crippen LogP contribution >= 0.6 is 58.0 Å². The van der Waals surface area contributed by atoms with Gasteiger partial charge in [-0.2, -0.15) is 0 Å². The SMILES string of the molecule is O=C(Nc1cc(NC(=O)C2C(c3cc(Cl)cc(Cl)c3)C2(Cl)Cl)ccc1Cl)c1ccc(F)c(F)c1. The minimum absolute atomic E-state index is 0.112. The summed E-state index contributed by atoms with van der Waals surface area (Å²) in [6.07, 6.45) is 0. The van der Waals surface area contributed by atoms with Gasteiger partial charge in [-0.15, -0.1) is 23.2 Å². The lowest BCUT2D eigenvalue weighted by molar-refractivity contribution is -0.117. The second-order valence-corrected chi connectivity index (χ2v) is 10.3. The molecule has 4 rings (SSSR count). The number of alkyl halides is 2. The molecular weight excluding hydrogens is 552 g/mol. The average Bonchev–Trinajstić information content (AvgIpc) is 3.34. The van der Waals surface area contributed by atoms with Crippen molar-refractivity contribution in [1.82, 2.24) is 0 Å². The Morgan fingerprint density at radius 2 is 1.50 bits per heavy atom. The van der Waals surface area contributed by atoms with E-state index >= 15 is 0 Å². The molecule has 4 nitrogen and oxygen atoms in total. The largest absolute Gasteiger partial charge is 0.326 e. The lowest BCUT2D eigenvalue weighted by atomic mass is 10.1. The van der Waals surface area contributed by atoms with Crippen LogP contribution in [-0.4, -0.2) is 16.1 Å². The minimum Gasteiger partial charge on any atom is -0.326 e. The van der Waals surface area contributed by atoms with Gasteiger partial charge in [-0.25, -0.2) is 8.78 Å². The standard InChI is InChI=1S/C23H13Cl5F2N2O2/c24-12-5-11(6-13(25)8-12)19-20(23(19,27)28)22(34)31-14-2-3-15(26)18(9-14)32-21(33)10-1-4-16(29)17(30)7-10/h1-9,19-20H,(H,31,34)(H,32,33). The zero-order valence-electron chi connectivity index (χ0n) is 16.8. The van der Waals surface area contributed by atoms with Gasteiger partial charge in [0, 0.05) is 27.2 Å². The van der Waals surface area contributed by atoms with E-state index in [1.165, 1.54) is 18.2 Å². The molecule has 0 aliphatic heterocycles. The van der Waals surface area contributed by atoms with Crippen LogP contribution in [0.25, 0.3) is 0 Å². The molecule has 3 aromatic carbocycles. The smallest absolute Gasteiger partial charge is 0.255 e. The number of halogens is 7. The van der Waals surface area contributed by atoms with Crippen LogP contribution in [0, 0.1) is 17.6 Å². The average molecular weight is 565 g/mol. The van der Waals surface area contributed by atoms with Gasteiger partial charge in [0.15, 0.2) is 11.6 Å². The first-order valence-corrected chi connectivity index (χ1v) is 11.6. The number of amides is 2. The van der Waals surface area contributed by atoms with E-state index in [0.717, 1.165) is 18.2 Å². The lowest BCUT2D eigenvalue weighted by Crippen LogP contribution is -2.18. The summed E-state index contributed by atoms with van der Waals surface area (Å²) in [6.45, 7) is 0. The molecule has 1 aliphatic carbocycles. The van der Waals surface area contributed by atoms with E-state index in [9.17, 15) is 18.4 Å². The van der Waals surface area contributed by atoms with Crippen molar-refractivity contribution < 1.29 is 18.4 Å². The number of carbonyl (C=O) groups excluding carboxylic acids is 2. The Labute approximate surface area is 218 Å². The highest BCUT2D eigenvalue weighted by Crippen LogP contribution is 2.65.